The fourth-order valence-corrected chi connectivity index (χ4v) is 5.97. The van der Waals surface area contributed by atoms with Crippen LogP contribution in [0.15, 0.2) is 36.5 Å². The van der Waals surface area contributed by atoms with Crippen molar-refractivity contribution >= 4 is 0 Å². The molecule has 0 saturated heterocycles. The summed E-state index contributed by atoms with van der Waals surface area (Å²) >= 11 is 0. The minimum absolute atomic E-state index is 0.0914. The highest BCUT2D eigenvalue weighted by Gasteiger charge is 2.51. The van der Waals surface area contributed by atoms with Crippen LogP contribution in [-0.2, 0) is 0 Å². The van der Waals surface area contributed by atoms with E-state index in [1.54, 1.807) is 12.2 Å². The molecule has 0 radical (unpaired) electrons. The minimum atomic E-state index is -3.97. The van der Waals surface area contributed by atoms with Gasteiger partial charge in [0, 0.05) is 12.3 Å². The lowest BCUT2D eigenvalue weighted by Gasteiger charge is -2.20. The molecule has 162 valence electrons. The number of halogens is 6. The van der Waals surface area contributed by atoms with Gasteiger partial charge in [0.05, 0.1) is 12.6 Å². The predicted molar refractivity (Wildman–Crippen MR) is 100 cm³/mol. The molecule has 0 spiro atoms. The van der Waals surface area contributed by atoms with E-state index in [0.29, 0.717) is 24.7 Å². The summed E-state index contributed by atoms with van der Waals surface area (Å²) in [5.74, 6) is -1.95. The van der Waals surface area contributed by atoms with Crippen molar-refractivity contribution in [3.8, 4) is 0 Å². The molecule has 6 aliphatic rings. The van der Waals surface area contributed by atoms with Crippen LogP contribution in [-0.4, -0.2) is 18.8 Å². The summed E-state index contributed by atoms with van der Waals surface area (Å²) in [5.41, 5.74) is 0. The maximum atomic E-state index is 12.6. The second-order valence-electron chi connectivity index (χ2n) is 9.58. The van der Waals surface area contributed by atoms with Crippen molar-refractivity contribution < 1.29 is 26.3 Å². The van der Waals surface area contributed by atoms with E-state index in [2.05, 4.69) is 12.2 Å². The van der Waals surface area contributed by atoms with E-state index in [1.807, 2.05) is 12.2 Å². The lowest BCUT2D eigenvalue weighted by atomic mass is 9.93. The van der Waals surface area contributed by atoms with E-state index in [9.17, 15) is 26.3 Å². The smallest absolute Gasteiger partial charge is 0.251 e. The van der Waals surface area contributed by atoms with E-state index in [1.165, 1.54) is 6.42 Å². The van der Waals surface area contributed by atoms with E-state index in [0.717, 1.165) is 18.8 Å². The monoisotopic (exact) mass is 418 g/mol. The fraction of sp³-hybridized carbons (Fsp3) is 0.739. The zero-order valence-electron chi connectivity index (χ0n) is 16.3. The van der Waals surface area contributed by atoms with Crippen LogP contribution in [0.3, 0.4) is 0 Å². The van der Waals surface area contributed by atoms with Crippen LogP contribution in [0.5, 0.6) is 0 Å². The number of allylic oxidation sites excluding steroid dienone is 6. The van der Waals surface area contributed by atoms with Crippen molar-refractivity contribution in [2.24, 2.45) is 47.3 Å². The molecule has 6 aliphatic carbocycles. The molecule has 6 bridgehead atoms. The average molecular weight is 418 g/mol. The summed E-state index contributed by atoms with van der Waals surface area (Å²) in [5, 5.41) is 0. The number of rotatable bonds is 1. The molecule has 6 rings (SSSR count). The third-order valence-electron chi connectivity index (χ3n) is 7.56. The fourth-order valence-electron chi connectivity index (χ4n) is 5.97. The van der Waals surface area contributed by atoms with Gasteiger partial charge in [-0.2, -0.15) is 13.2 Å². The number of hydrogen-bond donors (Lipinski definition) is 0. The quantitative estimate of drug-likeness (QED) is 0.313. The Kier molecular flexibility index (Phi) is 5.67. The summed E-state index contributed by atoms with van der Waals surface area (Å²) in [7, 11) is 0. The maximum absolute atomic E-state index is 12.6. The van der Waals surface area contributed by atoms with E-state index in [4.69, 9.17) is 0 Å². The first kappa shape index (κ1) is 21.0. The zero-order chi connectivity index (χ0) is 20.8. The van der Waals surface area contributed by atoms with Crippen LogP contribution in [0.2, 0.25) is 0 Å². The highest BCUT2D eigenvalue weighted by atomic mass is 19.4. The molecule has 0 aromatic heterocycles. The normalized spacial score (nSPS) is 44.1. The highest BCUT2D eigenvalue weighted by molar-refractivity contribution is 5.13. The van der Waals surface area contributed by atoms with Crippen LogP contribution in [0.4, 0.5) is 26.3 Å². The molecule has 0 aromatic carbocycles. The van der Waals surface area contributed by atoms with Crippen molar-refractivity contribution in [2.45, 2.75) is 50.6 Å². The Balaban J connectivity index is 0.000000107. The van der Waals surface area contributed by atoms with Gasteiger partial charge in [0.15, 0.2) is 0 Å². The van der Waals surface area contributed by atoms with Crippen LogP contribution >= 0.6 is 0 Å². The molecular formula is C23H28F6. The second-order valence-corrected chi connectivity index (χ2v) is 9.58. The van der Waals surface area contributed by atoms with Gasteiger partial charge in [-0.1, -0.05) is 36.5 Å². The Morgan fingerprint density at radius 2 is 1.34 bits per heavy atom. The van der Waals surface area contributed by atoms with E-state index < -0.39 is 23.9 Å². The third-order valence-corrected chi connectivity index (χ3v) is 7.56. The van der Waals surface area contributed by atoms with Gasteiger partial charge in [-0.3, -0.25) is 4.39 Å². The number of alkyl halides is 6. The standard InChI is InChI=1S/C8H9F3.C8H11F.C7H8F2/c9-8(10,11)7-4-5-1-2-6(7)3-5;9-5-8-4-6-1-2-7(8)3-6;8-7(9)4-5-1-2-6(7)3-5/h1-2,5-7H,3-4H2;1-2,6-8H,3-5H2;1-2,5-6H,3-4H2. The molecule has 0 N–H and O–H groups in total. The van der Waals surface area contributed by atoms with Gasteiger partial charge in [0.25, 0.3) is 5.92 Å². The predicted octanol–water partition coefficient (Wildman–Crippen LogP) is 7.15. The number of fused-ring (bicyclic) bond motifs is 6. The summed E-state index contributed by atoms with van der Waals surface area (Å²) in [6, 6.07) is 0. The summed E-state index contributed by atoms with van der Waals surface area (Å²) in [6.07, 6.45) is 11.9. The van der Waals surface area contributed by atoms with Crippen LogP contribution in [0.25, 0.3) is 0 Å². The zero-order valence-corrected chi connectivity index (χ0v) is 16.3. The molecule has 0 amide bonds. The first-order valence-corrected chi connectivity index (χ1v) is 10.7. The van der Waals surface area contributed by atoms with Crippen LogP contribution in [0.1, 0.15) is 38.5 Å². The Morgan fingerprint density at radius 3 is 1.59 bits per heavy atom. The van der Waals surface area contributed by atoms with Crippen molar-refractivity contribution in [2.75, 3.05) is 6.67 Å². The van der Waals surface area contributed by atoms with Crippen molar-refractivity contribution in [1.82, 2.24) is 0 Å². The molecule has 8 unspecified atom stereocenters. The summed E-state index contributed by atoms with van der Waals surface area (Å²) in [6.45, 7) is -0.106. The molecule has 0 aliphatic heterocycles. The van der Waals surface area contributed by atoms with Gasteiger partial charge in [-0.05, 0) is 67.6 Å². The Hall–Kier alpha value is -1.20. The molecule has 3 saturated carbocycles. The topological polar surface area (TPSA) is 0 Å². The summed E-state index contributed by atoms with van der Waals surface area (Å²) in [4.78, 5) is 0. The molecule has 8 atom stereocenters. The maximum Gasteiger partial charge on any atom is 0.392 e. The van der Waals surface area contributed by atoms with E-state index in [-0.39, 0.29) is 30.8 Å². The Labute approximate surface area is 168 Å². The van der Waals surface area contributed by atoms with E-state index >= 15 is 0 Å². The lowest BCUT2D eigenvalue weighted by Crippen LogP contribution is -2.26. The SMILES string of the molecule is FC(F)(F)C1CC2C=CC1C2.FC1(F)CC2C=CC1C2.FCC1CC2C=CC1C2. The van der Waals surface area contributed by atoms with Gasteiger partial charge in [0.2, 0.25) is 0 Å². The van der Waals surface area contributed by atoms with Crippen LogP contribution in [0, 0.1) is 47.3 Å². The van der Waals surface area contributed by atoms with Gasteiger partial charge in [-0.25, -0.2) is 8.78 Å². The molecular weight excluding hydrogens is 390 g/mol. The Morgan fingerprint density at radius 1 is 0.724 bits per heavy atom. The van der Waals surface area contributed by atoms with Crippen LogP contribution < -0.4 is 0 Å². The molecule has 0 aromatic rings. The highest BCUT2D eigenvalue weighted by Crippen LogP contribution is 2.50. The lowest BCUT2D eigenvalue weighted by molar-refractivity contribution is -0.180. The van der Waals surface area contributed by atoms with Gasteiger partial charge in [0.1, 0.15) is 0 Å². The second kappa shape index (κ2) is 7.81. The van der Waals surface area contributed by atoms with Crippen molar-refractivity contribution in [3.63, 3.8) is 0 Å². The molecule has 29 heavy (non-hydrogen) atoms. The van der Waals surface area contributed by atoms with Gasteiger partial charge < -0.3 is 0 Å². The first-order valence-electron chi connectivity index (χ1n) is 10.7. The average Bonchev–Trinajstić information content (AvgIpc) is 3.48. The third kappa shape index (κ3) is 4.46. The largest absolute Gasteiger partial charge is 0.392 e. The van der Waals surface area contributed by atoms with Gasteiger partial charge >= 0.3 is 6.18 Å². The number of hydrogen-bond acceptors (Lipinski definition) is 0. The first-order chi connectivity index (χ1) is 13.7. The molecule has 0 heterocycles. The Bertz CT molecular complexity index is 675. The molecule has 3 fully saturated rings. The molecule has 0 nitrogen and oxygen atoms in total. The van der Waals surface area contributed by atoms with Gasteiger partial charge in [-0.15, -0.1) is 0 Å². The minimum Gasteiger partial charge on any atom is -0.251 e. The van der Waals surface area contributed by atoms with Crippen molar-refractivity contribution in [3.05, 3.63) is 36.5 Å². The summed E-state index contributed by atoms with van der Waals surface area (Å²) < 4.78 is 73.9. The van der Waals surface area contributed by atoms with Crippen molar-refractivity contribution in [1.29, 1.82) is 0 Å². The molecule has 6 heteroatoms.